The highest BCUT2D eigenvalue weighted by molar-refractivity contribution is 6.34. The maximum Gasteiger partial charge on any atom is 0.251 e. The summed E-state index contributed by atoms with van der Waals surface area (Å²) in [6, 6.07) is 10.3. The zero-order valence-electron chi connectivity index (χ0n) is 15.7. The van der Waals surface area contributed by atoms with E-state index in [1.165, 1.54) is 6.92 Å². The van der Waals surface area contributed by atoms with Gasteiger partial charge in [0.05, 0.1) is 10.7 Å². The average molecular weight is 422 g/mol. The Labute approximate surface area is 173 Å². The fraction of sp³-hybridized carbons (Fsp3) is 0.250. The number of hydrogen-bond donors (Lipinski definition) is 3. The van der Waals surface area contributed by atoms with E-state index in [1.54, 1.807) is 42.5 Å². The van der Waals surface area contributed by atoms with Gasteiger partial charge >= 0.3 is 0 Å². The second-order valence-corrected chi connectivity index (χ2v) is 7.41. The lowest BCUT2D eigenvalue weighted by Gasteiger charge is -2.22. The first-order valence-electron chi connectivity index (χ1n) is 8.62. The van der Waals surface area contributed by atoms with E-state index in [0.717, 1.165) is 0 Å². The molecule has 0 radical (unpaired) electrons. The van der Waals surface area contributed by atoms with Gasteiger partial charge in [0.1, 0.15) is 6.04 Å². The topological polar surface area (TPSA) is 87.3 Å². The summed E-state index contributed by atoms with van der Waals surface area (Å²) in [6.45, 7) is 5.03. The zero-order chi connectivity index (χ0) is 20.8. The Kier molecular flexibility index (Phi) is 7.43. The molecular formula is C20H21Cl2N3O3. The van der Waals surface area contributed by atoms with Gasteiger partial charge < -0.3 is 16.0 Å². The number of benzene rings is 2. The van der Waals surface area contributed by atoms with Crippen molar-refractivity contribution < 1.29 is 14.4 Å². The van der Waals surface area contributed by atoms with E-state index >= 15 is 0 Å². The lowest BCUT2D eigenvalue weighted by atomic mass is 10.0. The van der Waals surface area contributed by atoms with Crippen LogP contribution in [0.3, 0.4) is 0 Å². The summed E-state index contributed by atoms with van der Waals surface area (Å²) in [5.74, 6) is -1.22. The third-order valence-corrected chi connectivity index (χ3v) is 4.47. The normalized spacial score (nSPS) is 11.6. The molecule has 0 aliphatic carbocycles. The van der Waals surface area contributed by atoms with Gasteiger partial charge in [0.25, 0.3) is 5.91 Å². The van der Waals surface area contributed by atoms with Gasteiger partial charge in [0.2, 0.25) is 11.8 Å². The van der Waals surface area contributed by atoms with Crippen molar-refractivity contribution in [3.63, 3.8) is 0 Å². The van der Waals surface area contributed by atoms with Gasteiger partial charge in [-0.15, -0.1) is 0 Å². The molecule has 0 saturated heterocycles. The van der Waals surface area contributed by atoms with Crippen LogP contribution in [0, 0.1) is 5.92 Å². The molecule has 1 unspecified atom stereocenters. The van der Waals surface area contributed by atoms with Crippen LogP contribution < -0.4 is 16.0 Å². The first-order valence-corrected chi connectivity index (χ1v) is 9.37. The highest BCUT2D eigenvalue weighted by Crippen LogP contribution is 2.26. The second-order valence-electron chi connectivity index (χ2n) is 6.57. The number of carbonyl (C=O) groups excluding carboxylic acids is 3. The van der Waals surface area contributed by atoms with Crippen molar-refractivity contribution in [1.29, 1.82) is 0 Å². The zero-order valence-corrected chi connectivity index (χ0v) is 17.2. The Bertz CT molecular complexity index is 883. The third-order valence-electron chi connectivity index (χ3n) is 3.89. The monoisotopic (exact) mass is 421 g/mol. The van der Waals surface area contributed by atoms with Crippen LogP contribution in [0.2, 0.25) is 10.0 Å². The molecule has 0 fully saturated rings. The summed E-state index contributed by atoms with van der Waals surface area (Å²) in [4.78, 5) is 36.4. The third kappa shape index (κ3) is 5.97. The van der Waals surface area contributed by atoms with E-state index in [0.29, 0.717) is 27.0 Å². The van der Waals surface area contributed by atoms with Gasteiger partial charge in [-0.05, 0) is 48.4 Å². The molecular weight excluding hydrogens is 401 g/mol. The van der Waals surface area contributed by atoms with Gasteiger partial charge in [-0.3, -0.25) is 14.4 Å². The summed E-state index contributed by atoms with van der Waals surface area (Å²) >= 11 is 12.0. The number of anilines is 2. The Balaban J connectivity index is 2.15. The molecule has 0 heterocycles. The van der Waals surface area contributed by atoms with Crippen LogP contribution in [0.25, 0.3) is 0 Å². The fourth-order valence-electron chi connectivity index (χ4n) is 2.47. The highest BCUT2D eigenvalue weighted by atomic mass is 35.5. The first-order chi connectivity index (χ1) is 13.2. The average Bonchev–Trinajstić information content (AvgIpc) is 2.62. The first kappa shape index (κ1) is 21.7. The number of amides is 3. The molecule has 2 rings (SSSR count). The predicted molar refractivity (Wildman–Crippen MR) is 112 cm³/mol. The molecule has 2 aromatic carbocycles. The largest absolute Gasteiger partial charge is 0.340 e. The van der Waals surface area contributed by atoms with Crippen molar-refractivity contribution in [3.05, 3.63) is 58.1 Å². The minimum atomic E-state index is -0.788. The van der Waals surface area contributed by atoms with Gasteiger partial charge in [0.15, 0.2) is 0 Å². The Morgan fingerprint density at radius 3 is 2.14 bits per heavy atom. The van der Waals surface area contributed by atoms with Crippen LogP contribution in [0.5, 0.6) is 0 Å². The highest BCUT2D eigenvalue weighted by Gasteiger charge is 2.25. The molecule has 0 aliphatic rings. The molecule has 148 valence electrons. The van der Waals surface area contributed by atoms with Crippen LogP contribution in [0.1, 0.15) is 31.1 Å². The number of halogens is 2. The summed E-state index contributed by atoms with van der Waals surface area (Å²) in [7, 11) is 0. The number of nitrogens with one attached hydrogen (secondary N) is 3. The molecule has 0 spiro atoms. The molecule has 1 atom stereocenters. The lowest BCUT2D eigenvalue weighted by Crippen LogP contribution is -2.47. The van der Waals surface area contributed by atoms with E-state index < -0.39 is 11.9 Å². The Morgan fingerprint density at radius 1 is 0.929 bits per heavy atom. The molecule has 0 aliphatic heterocycles. The van der Waals surface area contributed by atoms with Crippen molar-refractivity contribution in [2.45, 2.75) is 26.8 Å². The van der Waals surface area contributed by atoms with Crippen molar-refractivity contribution in [2.75, 3.05) is 10.6 Å². The van der Waals surface area contributed by atoms with Gasteiger partial charge in [0, 0.05) is 23.2 Å². The maximum absolute atomic E-state index is 12.8. The van der Waals surface area contributed by atoms with E-state index in [2.05, 4.69) is 16.0 Å². The van der Waals surface area contributed by atoms with Crippen molar-refractivity contribution in [1.82, 2.24) is 5.32 Å². The minimum absolute atomic E-state index is 0.173. The number of carbonyl (C=O) groups is 3. The van der Waals surface area contributed by atoms with Crippen LogP contribution in [0.15, 0.2) is 42.5 Å². The summed E-state index contributed by atoms with van der Waals surface area (Å²) in [5, 5.41) is 8.90. The minimum Gasteiger partial charge on any atom is -0.340 e. The second kappa shape index (κ2) is 9.57. The van der Waals surface area contributed by atoms with E-state index in [4.69, 9.17) is 23.2 Å². The summed E-state index contributed by atoms with van der Waals surface area (Å²) in [6.07, 6.45) is 0. The van der Waals surface area contributed by atoms with Crippen LogP contribution in [-0.2, 0) is 9.59 Å². The predicted octanol–water partition coefficient (Wildman–Crippen LogP) is 4.34. The van der Waals surface area contributed by atoms with Crippen LogP contribution in [0.4, 0.5) is 11.4 Å². The quantitative estimate of drug-likeness (QED) is 0.647. The molecule has 8 heteroatoms. The molecule has 2 aromatic rings. The summed E-state index contributed by atoms with van der Waals surface area (Å²) < 4.78 is 0. The van der Waals surface area contributed by atoms with Gasteiger partial charge in [-0.25, -0.2) is 0 Å². The van der Waals surface area contributed by atoms with Crippen molar-refractivity contribution >= 4 is 52.3 Å². The Hall–Kier alpha value is -2.57. The SMILES string of the molecule is CC(=O)Nc1ccc(Cl)c(NC(=O)C(NC(=O)c2ccc(Cl)cc2)C(C)C)c1. The van der Waals surface area contributed by atoms with Crippen molar-refractivity contribution in [2.24, 2.45) is 5.92 Å². The van der Waals surface area contributed by atoms with E-state index in [9.17, 15) is 14.4 Å². The summed E-state index contributed by atoms with van der Waals surface area (Å²) in [5.41, 5.74) is 1.23. The number of rotatable bonds is 6. The van der Waals surface area contributed by atoms with Gasteiger partial charge in [-0.2, -0.15) is 0 Å². The van der Waals surface area contributed by atoms with E-state index in [-0.39, 0.29) is 17.7 Å². The van der Waals surface area contributed by atoms with E-state index in [1.807, 2.05) is 13.8 Å². The molecule has 0 saturated carbocycles. The lowest BCUT2D eigenvalue weighted by molar-refractivity contribution is -0.119. The molecule has 0 aromatic heterocycles. The fourth-order valence-corrected chi connectivity index (χ4v) is 2.76. The smallest absolute Gasteiger partial charge is 0.251 e. The van der Waals surface area contributed by atoms with Gasteiger partial charge in [-0.1, -0.05) is 37.0 Å². The standard InChI is InChI=1S/C20H21Cl2N3O3/c1-11(2)18(25-19(27)13-4-6-14(21)7-5-13)20(28)24-17-10-15(23-12(3)26)8-9-16(17)22/h4-11,18H,1-3H3,(H,23,26)(H,24,28)(H,25,27). The van der Waals surface area contributed by atoms with Crippen molar-refractivity contribution in [3.8, 4) is 0 Å². The van der Waals surface area contributed by atoms with Crippen LogP contribution >= 0.6 is 23.2 Å². The van der Waals surface area contributed by atoms with Crippen LogP contribution in [-0.4, -0.2) is 23.8 Å². The molecule has 3 amide bonds. The number of hydrogen-bond acceptors (Lipinski definition) is 3. The maximum atomic E-state index is 12.8. The molecule has 3 N–H and O–H groups in total. The Morgan fingerprint density at radius 2 is 1.57 bits per heavy atom. The molecule has 6 nitrogen and oxygen atoms in total. The molecule has 28 heavy (non-hydrogen) atoms. The molecule has 0 bridgehead atoms.